The fourth-order valence-corrected chi connectivity index (χ4v) is 1.57. The second kappa shape index (κ2) is 5.58. The van der Waals surface area contributed by atoms with Gasteiger partial charge in [-0.1, -0.05) is 6.08 Å². The van der Waals surface area contributed by atoms with Gasteiger partial charge >= 0.3 is 0 Å². The molecule has 1 fully saturated rings. The Kier molecular flexibility index (Phi) is 4.69. The molecule has 5 heteroatoms. The fourth-order valence-electron chi connectivity index (χ4n) is 1.57. The molecule has 0 spiro atoms. The van der Waals surface area contributed by atoms with Crippen LogP contribution in [0.1, 0.15) is 6.92 Å². The number of ether oxygens (including phenoxy) is 3. The Balaban J connectivity index is 2.65. The Morgan fingerprint density at radius 3 is 2.60 bits per heavy atom. The quantitative estimate of drug-likeness (QED) is 0.632. The lowest BCUT2D eigenvalue weighted by molar-refractivity contribution is -0.292. The van der Waals surface area contributed by atoms with Crippen LogP contribution in [0.3, 0.4) is 0 Å². The molecule has 0 unspecified atom stereocenters. The van der Waals surface area contributed by atoms with Gasteiger partial charge in [0.25, 0.3) is 0 Å². The summed E-state index contributed by atoms with van der Waals surface area (Å²) in [5.41, 5.74) is 0. The van der Waals surface area contributed by atoms with E-state index < -0.39 is 30.7 Å². The molecule has 88 valence electrons. The summed E-state index contributed by atoms with van der Waals surface area (Å²) in [4.78, 5) is 0. The molecular formula is C10H18O5. The van der Waals surface area contributed by atoms with Crippen LogP contribution in [-0.4, -0.2) is 54.6 Å². The van der Waals surface area contributed by atoms with Crippen LogP contribution in [0.2, 0.25) is 0 Å². The van der Waals surface area contributed by atoms with Gasteiger partial charge in [0.05, 0.1) is 12.7 Å². The Bertz CT molecular complexity index is 208. The maximum atomic E-state index is 9.77. The topological polar surface area (TPSA) is 68.2 Å². The molecule has 1 aliphatic rings. The molecule has 1 saturated heterocycles. The van der Waals surface area contributed by atoms with E-state index in [0.29, 0.717) is 0 Å². The third kappa shape index (κ3) is 2.76. The zero-order chi connectivity index (χ0) is 11.4. The molecule has 5 nitrogen and oxygen atoms in total. The third-order valence-electron chi connectivity index (χ3n) is 2.42. The number of aliphatic hydroxyl groups is 2. The molecule has 1 rings (SSSR count). The summed E-state index contributed by atoms with van der Waals surface area (Å²) < 4.78 is 15.5. The molecule has 0 aromatic rings. The van der Waals surface area contributed by atoms with Crippen molar-refractivity contribution in [2.24, 2.45) is 0 Å². The van der Waals surface area contributed by atoms with Crippen molar-refractivity contribution in [3.63, 3.8) is 0 Å². The van der Waals surface area contributed by atoms with Crippen molar-refractivity contribution < 1.29 is 24.4 Å². The van der Waals surface area contributed by atoms with Crippen LogP contribution >= 0.6 is 0 Å². The lowest BCUT2D eigenvalue weighted by Gasteiger charge is -2.40. The summed E-state index contributed by atoms with van der Waals surface area (Å²) in [7, 11) is 1.43. The van der Waals surface area contributed by atoms with Crippen LogP contribution in [0.25, 0.3) is 0 Å². The van der Waals surface area contributed by atoms with E-state index >= 15 is 0 Å². The van der Waals surface area contributed by atoms with Gasteiger partial charge in [-0.25, -0.2) is 0 Å². The maximum absolute atomic E-state index is 9.77. The smallest absolute Gasteiger partial charge is 0.186 e. The van der Waals surface area contributed by atoms with Crippen molar-refractivity contribution >= 4 is 0 Å². The number of hydrogen-bond acceptors (Lipinski definition) is 5. The highest BCUT2D eigenvalue weighted by molar-refractivity contribution is 4.89. The lowest BCUT2D eigenvalue weighted by Crippen LogP contribution is -2.58. The van der Waals surface area contributed by atoms with Crippen LogP contribution in [-0.2, 0) is 14.2 Å². The van der Waals surface area contributed by atoms with E-state index in [1.165, 1.54) is 7.11 Å². The first-order valence-electron chi connectivity index (χ1n) is 4.88. The van der Waals surface area contributed by atoms with E-state index in [1.54, 1.807) is 13.0 Å². The molecule has 2 N–H and O–H groups in total. The van der Waals surface area contributed by atoms with E-state index in [0.717, 1.165) is 0 Å². The predicted octanol–water partition coefficient (Wildman–Crippen LogP) is -0.329. The van der Waals surface area contributed by atoms with Gasteiger partial charge in [0, 0.05) is 7.11 Å². The van der Waals surface area contributed by atoms with Gasteiger partial charge in [-0.3, -0.25) is 0 Å². The minimum Gasteiger partial charge on any atom is -0.388 e. The van der Waals surface area contributed by atoms with E-state index in [4.69, 9.17) is 14.2 Å². The molecule has 0 saturated carbocycles. The largest absolute Gasteiger partial charge is 0.388 e. The highest BCUT2D eigenvalue weighted by Crippen LogP contribution is 2.23. The van der Waals surface area contributed by atoms with Crippen molar-refractivity contribution in [2.75, 3.05) is 13.7 Å². The van der Waals surface area contributed by atoms with Crippen molar-refractivity contribution in [2.45, 2.75) is 37.6 Å². The Morgan fingerprint density at radius 2 is 2.07 bits per heavy atom. The summed E-state index contributed by atoms with van der Waals surface area (Å²) in [6.45, 7) is 5.47. The van der Waals surface area contributed by atoms with Gasteiger partial charge < -0.3 is 24.4 Å². The highest BCUT2D eigenvalue weighted by Gasteiger charge is 2.43. The van der Waals surface area contributed by atoms with Crippen LogP contribution in [0.15, 0.2) is 12.7 Å². The second-order valence-corrected chi connectivity index (χ2v) is 3.51. The van der Waals surface area contributed by atoms with Gasteiger partial charge in [0.15, 0.2) is 6.29 Å². The molecule has 1 heterocycles. The van der Waals surface area contributed by atoms with Crippen molar-refractivity contribution in [1.82, 2.24) is 0 Å². The summed E-state index contributed by atoms with van der Waals surface area (Å²) in [6.07, 6.45) is -2.22. The standard InChI is InChI=1S/C10H18O5/c1-4-5-14-9-7(11)6(2)15-10(13-3)8(9)12/h4,6-12H,1,5H2,2-3H3/t6-,7+,8-,9+,10+/m0/s1. The zero-order valence-electron chi connectivity index (χ0n) is 9.00. The van der Waals surface area contributed by atoms with Gasteiger partial charge in [-0.05, 0) is 6.92 Å². The Morgan fingerprint density at radius 1 is 1.40 bits per heavy atom. The van der Waals surface area contributed by atoms with E-state index in [1.807, 2.05) is 0 Å². The predicted molar refractivity (Wildman–Crippen MR) is 53.3 cm³/mol. The number of hydrogen-bond donors (Lipinski definition) is 2. The van der Waals surface area contributed by atoms with Gasteiger partial charge in [0.1, 0.15) is 18.3 Å². The first-order valence-corrected chi connectivity index (χ1v) is 4.88. The summed E-state index contributed by atoms with van der Waals surface area (Å²) in [5.74, 6) is 0. The molecule has 0 aromatic heterocycles. The number of aliphatic hydroxyl groups excluding tert-OH is 2. The first-order chi connectivity index (χ1) is 7.11. The molecule has 0 aromatic carbocycles. The second-order valence-electron chi connectivity index (χ2n) is 3.51. The normalized spacial score (nSPS) is 41.5. The minimum atomic E-state index is -0.999. The van der Waals surface area contributed by atoms with Crippen molar-refractivity contribution in [3.8, 4) is 0 Å². The van der Waals surface area contributed by atoms with Crippen LogP contribution in [0.4, 0.5) is 0 Å². The molecule has 1 aliphatic heterocycles. The SMILES string of the molecule is C=CCO[C@H]1[C@H](O)[C@H](OC)O[C@@H](C)[C@H]1O. The van der Waals surface area contributed by atoms with E-state index in [9.17, 15) is 10.2 Å². The van der Waals surface area contributed by atoms with Crippen LogP contribution in [0, 0.1) is 0 Å². The molecule has 0 bridgehead atoms. The number of rotatable bonds is 4. The molecule has 0 aliphatic carbocycles. The fraction of sp³-hybridized carbons (Fsp3) is 0.800. The van der Waals surface area contributed by atoms with Crippen molar-refractivity contribution in [3.05, 3.63) is 12.7 Å². The first kappa shape index (κ1) is 12.6. The van der Waals surface area contributed by atoms with Gasteiger partial charge in [-0.2, -0.15) is 0 Å². The maximum Gasteiger partial charge on any atom is 0.186 e. The molecule has 5 atom stereocenters. The molecular weight excluding hydrogens is 200 g/mol. The highest BCUT2D eigenvalue weighted by atomic mass is 16.7. The Hall–Kier alpha value is -0.460. The minimum absolute atomic E-state index is 0.266. The lowest BCUT2D eigenvalue weighted by atomic mass is 10.00. The van der Waals surface area contributed by atoms with Gasteiger partial charge in [-0.15, -0.1) is 6.58 Å². The number of methoxy groups -OCH3 is 1. The average Bonchev–Trinajstić information content (AvgIpc) is 2.23. The van der Waals surface area contributed by atoms with Gasteiger partial charge in [0.2, 0.25) is 0 Å². The summed E-state index contributed by atoms with van der Waals surface area (Å²) in [5, 5.41) is 19.5. The average molecular weight is 218 g/mol. The molecule has 0 radical (unpaired) electrons. The van der Waals surface area contributed by atoms with E-state index in [2.05, 4.69) is 6.58 Å². The summed E-state index contributed by atoms with van der Waals surface area (Å²) >= 11 is 0. The third-order valence-corrected chi connectivity index (χ3v) is 2.42. The monoisotopic (exact) mass is 218 g/mol. The van der Waals surface area contributed by atoms with E-state index in [-0.39, 0.29) is 6.61 Å². The van der Waals surface area contributed by atoms with Crippen LogP contribution in [0.5, 0.6) is 0 Å². The van der Waals surface area contributed by atoms with Crippen LogP contribution < -0.4 is 0 Å². The Labute approximate surface area is 89.3 Å². The molecule has 15 heavy (non-hydrogen) atoms. The molecule has 0 amide bonds. The summed E-state index contributed by atoms with van der Waals surface area (Å²) in [6, 6.07) is 0. The zero-order valence-corrected chi connectivity index (χ0v) is 9.00. The van der Waals surface area contributed by atoms with Crippen molar-refractivity contribution in [1.29, 1.82) is 0 Å².